The summed E-state index contributed by atoms with van der Waals surface area (Å²) in [5.41, 5.74) is 3.94. The molecule has 0 amide bonds. The van der Waals surface area contributed by atoms with Gasteiger partial charge in [-0.05, 0) is 25.0 Å². The molecule has 1 aromatic carbocycles. The van der Waals surface area contributed by atoms with E-state index in [4.69, 9.17) is 4.74 Å². The Bertz CT molecular complexity index is 449. The quantitative estimate of drug-likeness (QED) is 0.352. The van der Waals surface area contributed by atoms with E-state index < -0.39 is 8.07 Å². The number of rotatable bonds is 5. The third-order valence-corrected chi connectivity index (χ3v) is 3.33. The average Bonchev–Trinajstić information content (AvgIpc) is 2.37. The molecule has 0 spiro atoms. The molecule has 0 bridgehead atoms. The highest BCUT2D eigenvalue weighted by Gasteiger charge is 2.07. The predicted octanol–water partition coefficient (Wildman–Crippen LogP) is 3.89. The summed E-state index contributed by atoms with van der Waals surface area (Å²) in [6.07, 6.45) is 2.76. The lowest BCUT2D eigenvalue weighted by molar-refractivity contribution is 0.0499. The second-order valence-electron chi connectivity index (χ2n) is 5.51. The van der Waals surface area contributed by atoms with Crippen molar-refractivity contribution in [2.45, 2.75) is 38.9 Å². The SMILES string of the molecule is C[Si](C)(C)C#CCCCCOC(=O)c1ccccc1. The number of benzene rings is 1. The molecule has 19 heavy (non-hydrogen) atoms. The highest BCUT2D eigenvalue weighted by atomic mass is 28.3. The topological polar surface area (TPSA) is 26.3 Å². The van der Waals surface area contributed by atoms with Crippen LogP contribution in [0, 0.1) is 11.5 Å². The van der Waals surface area contributed by atoms with Crippen molar-refractivity contribution in [1.29, 1.82) is 0 Å². The van der Waals surface area contributed by atoms with E-state index in [1.807, 2.05) is 18.2 Å². The fourth-order valence-corrected chi connectivity index (χ4v) is 2.12. The molecule has 1 rings (SSSR count). The van der Waals surface area contributed by atoms with Crippen LogP contribution in [0.15, 0.2) is 30.3 Å². The van der Waals surface area contributed by atoms with Gasteiger partial charge in [0.15, 0.2) is 0 Å². The van der Waals surface area contributed by atoms with Crippen LogP contribution < -0.4 is 0 Å². The van der Waals surface area contributed by atoms with E-state index >= 15 is 0 Å². The van der Waals surface area contributed by atoms with E-state index in [-0.39, 0.29) is 5.97 Å². The van der Waals surface area contributed by atoms with E-state index in [9.17, 15) is 4.79 Å². The maximum atomic E-state index is 11.6. The molecule has 0 aliphatic carbocycles. The molecule has 0 aliphatic rings. The van der Waals surface area contributed by atoms with E-state index in [2.05, 4.69) is 31.1 Å². The molecule has 2 nitrogen and oxygen atoms in total. The van der Waals surface area contributed by atoms with Crippen molar-refractivity contribution in [3.63, 3.8) is 0 Å². The Morgan fingerprint density at radius 1 is 1.16 bits per heavy atom. The van der Waals surface area contributed by atoms with Crippen molar-refractivity contribution in [1.82, 2.24) is 0 Å². The first-order valence-electron chi connectivity index (χ1n) is 6.71. The van der Waals surface area contributed by atoms with Crippen molar-refractivity contribution >= 4 is 14.0 Å². The Morgan fingerprint density at radius 2 is 1.84 bits per heavy atom. The van der Waals surface area contributed by atoms with E-state index in [0.29, 0.717) is 12.2 Å². The largest absolute Gasteiger partial charge is 0.462 e. The molecule has 0 fully saturated rings. The van der Waals surface area contributed by atoms with Gasteiger partial charge in [-0.3, -0.25) is 0 Å². The minimum absolute atomic E-state index is 0.242. The third kappa shape index (κ3) is 7.48. The standard InChI is InChI=1S/C16H22O2Si/c1-19(2,3)14-10-5-4-9-13-18-16(17)15-11-7-6-8-12-15/h6-8,11-12H,4-5,9,13H2,1-3H3. The Labute approximate surface area is 117 Å². The molecule has 0 heterocycles. The van der Waals surface area contributed by atoms with Crippen LogP contribution in [0.4, 0.5) is 0 Å². The van der Waals surface area contributed by atoms with Crippen molar-refractivity contribution in [3.8, 4) is 11.5 Å². The second-order valence-corrected chi connectivity index (χ2v) is 10.3. The minimum Gasteiger partial charge on any atom is -0.462 e. The molecule has 0 N–H and O–H groups in total. The zero-order chi connectivity index (χ0) is 14.1. The van der Waals surface area contributed by atoms with Gasteiger partial charge in [-0.2, -0.15) is 0 Å². The van der Waals surface area contributed by atoms with Gasteiger partial charge in [0.25, 0.3) is 0 Å². The summed E-state index contributed by atoms with van der Waals surface area (Å²) >= 11 is 0. The lowest BCUT2D eigenvalue weighted by Gasteiger charge is -2.04. The van der Waals surface area contributed by atoms with Crippen LogP contribution in [-0.4, -0.2) is 20.7 Å². The molecule has 1 aromatic rings. The fourth-order valence-electron chi connectivity index (χ4n) is 1.47. The average molecular weight is 274 g/mol. The number of carbonyl (C=O) groups excluding carboxylic acids is 1. The summed E-state index contributed by atoms with van der Waals surface area (Å²) in [6.45, 7) is 7.19. The molecule has 0 radical (unpaired) electrons. The summed E-state index contributed by atoms with van der Waals surface area (Å²) in [7, 11) is -1.23. The summed E-state index contributed by atoms with van der Waals surface area (Å²) < 4.78 is 5.20. The normalized spacial score (nSPS) is 10.5. The molecule has 0 saturated carbocycles. The molecule has 0 atom stereocenters. The van der Waals surface area contributed by atoms with Gasteiger partial charge in [-0.15, -0.1) is 11.5 Å². The van der Waals surface area contributed by atoms with Crippen molar-refractivity contribution in [2.75, 3.05) is 6.61 Å². The van der Waals surface area contributed by atoms with Gasteiger partial charge >= 0.3 is 5.97 Å². The van der Waals surface area contributed by atoms with Crippen LogP contribution >= 0.6 is 0 Å². The smallest absolute Gasteiger partial charge is 0.338 e. The van der Waals surface area contributed by atoms with Crippen molar-refractivity contribution in [2.24, 2.45) is 0 Å². The fraction of sp³-hybridized carbons (Fsp3) is 0.438. The maximum Gasteiger partial charge on any atom is 0.338 e. The minimum atomic E-state index is -1.23. The zero-order valence-electron chi connectivity index (χ0n) is 12.0. The first-order valence-corrected chi connectivity index (χ1v) is 10.2. The lowest BCUT2D eigenvalue weighted by Crippen LogP contribution is -2.16. The Morgan fingerprint density at radius 3 is 2.47 bits per heavy atom. The van der Waals surface area contributed by atoms with Crippen LogP contribution in [-0.2, 0) is 4.74 Å². The number of esters is 1. The van der Waals surface area contributed by atoms with Gasteiger partial charge in [0.05, 0.1) is 12.2 Å². The number of unbranched alkanes of at least 4 members (excludes halogenated alkanes) is 2. The van der Waals surface area contributed by atoms with Gasteiger partial charge in [0, 0.05) is 6.42 Å². The molecule has 0 unspecified atom stereocenters. The molecule has 0 aliphatic heterocycles. The first-order chi connectivity index (χ1) is 8.99. The third-order valence-electron chi connectivity index (χ3n) is 2.40. The number of hydrogen-bond donors (Lipinski definition) is 0. The molecular weight excluding hydrogens is 252 g/mol. The Hall–Kier alpha value is -1.53. The van der Waals surface area contributed by atoms with Gasteiger partial charge < -0.3 is 4.74 Å². The number of hydrogen-bond acceptors (Lipinski definition) is 2. The summed E-state index contributed by atoms with van der Waals surface area (Å²) in [4.78, 5) is 11.6. The number of ether oxygens (including phenoxy) is 1. The van der Waals surface area contributed by atoms with Crippen molar-refractivity contribution < 1.29 is 9.53 Å². The first kappa shape index (κ1) is 15.5. The monoisotopic (exact) mass is 274 g/mol. The van der Waals surface area contributed by atoms with Crippen molar-refractivity contribution in [3.05, 3.63) is 35.9 Å². The zero-order valence-corrected chi connectivity index (χ0v) is 13.0. The van der Waals surface area contributed by atoms with E-state index in [1.165, 1.54) is 0 Å². The van der Waals surface area contributed by atoms with Crippen LogP contribution in [0.5, 0.6) is 0 Å². The second kappa shape index (κ2) is 7.80. The van der Waals surface area contributed by atoms with E-state index in [0.717, 1.165) is 19.3 Å². The lowest BCUT2D eigenvalue weighted by atomic mass is 10.2. The van der Waals surface area contributed by atoms with Gasteiger partial charge in [0.2, 0.25) is 0 Å². The molecule has 0 saturated heterocycles. The van der Waals surface area contributed by atoms with Crippen LogP contribution in [0.25, 0.3) is 0 Å². The van der Waals surface area contributed by atoms with Crippen LogP contribution in [0.1, 0.15) is 29.6 Å². The summed E-state index contributed by atoms with van der Waals surface area (Å²) in [6, 6.07) is 9.09. The highest BCUT2D eigenvalue weighted by molar-refractivity contribution is 6.83. The summed E-state index contributed by atoms with van der Waals surface area (Å²) in [5.74, 6) is 2.97. The molecule has 0 aromatic heterocycles. The van der Waals surface area contributed by atoms with Gasteiger partial charge in [0.1, 0.15) is 8.07 Å². The van der Waals surface area contributed by atoms with E-state index in [1.54, 1.807) is 12.1 Å². The van der Waals surface area contributed by atoms with Gasteiger partial charge in [-0.25, -0.2) is 4.79 Å². The molecule has 102 valence electrons. The van der Waals surface area contributed by atoms with Crippen LogP contribution in [0.3, 0.4) is 0 Å². The van der Waals surface area contributed by atoms with Crippen LogP contribution in [0.2, 0.25) is 19.6 Å². The molecule has 3 heteroatoms. The molecular formula is C16H22O2Si. The van der Waals surface area contributed by atoms with Gasteiger partial charge in [-0.1, -0.05) is 37.8 Å². The number of carbonyl (C=O) groups is 1. The highest BCUT2D eigenvalue weighted by Crippen LogP contribution is 2.03. The predicted molar refractivity (Wildman–Crippen MR) is 81.7 cm³/mol. The maximum absolute atomic E-state index is 11.6. The summed E-state index contributed by atoms with van der Waals surface area (Å²) in [5, 5.41) is 0. The Kier molecular flexibility index (Phi) is 6.38. The Balaban J connectivity index is 2.15.